The van der Waals surface area contributed by atoms with Crippen LogP contribution in [-0.4, -0.2) is 23.8 Å². The Balaban J connectivity index is 1.95. The third-order valence-electron chi connectivity index (χ3n) is 3.08. The summed E-state index contributed by atoms with van der Waals surface area (Å²) in [6.45, 7) is 0.142. The lowest BCUT2D eigenvalue weighted by atomic mass is 10.1. The van der Waals surface area contributed by atoms with E-state index in [0.29, 0.717) is 10.6 Å². The highest BCUT2D eigenvalue weighted by atomic mass is 35.5. The van der Waals surface area contributed by atoms with Gasteiger partial charge in [0.2, 0.25) is 0 Å². The first-order valence-corrected chi connectivity index (χ1v) is 8.07. The molecule has 0 aliphatic carbocycles. The van der Waals surface area contributed by atoms with Gasteiger partial charge in [-0.2, -0.15) is 0 Å². The first-order chi connectivity index (χ1) is 10.1. The summed E-state index contributed by atoms with van der Waals surface area (Å²) in [5.74, 6) is -0.291. The Bertz CT molecular complexity index is 616. The molecule has 2 N–H and O–H groups in total. The molecule has 0 fully saturated rings. The van der Waals surface area contributed by atoms with E-state index in [1.807, 2.05) is 30.5 Å². The van der Waals surface area contributed by atoms with Crippen LogP contribution in [0.2, 0.25) is 5.02 Å². The number of aliphatic hydroxyl groups excluding tert-OH is 1. The highest BCUT2D eigenvalue weighted by molar-refractivity contribution is 7.98. The van der Waals surface area contributed by atoms with Gasteiger partial charge in [-0.15, -0.1) is 11.8 Å². The van der Waals surface area contributed by atoms with Gasteiger partial charge in [-0.05, 0) is 36.1 Å². The van der Waals surface area contributed by atoms with Gasteiger partial charge in [0.15, 0.2) is 0 Å². The smallest absolute Gasteiger partial charge is 0.252 e. The van der Waals surface area contributed by atoms with Crippen molar-refractivity contribution < 1.29 is 9.90 Å². The minimum Gasteiger partial charge on any atom is -0.387 e. The average Bonchev–Trinajstić information content (AvgIpc) is 2.52. The maximum Gasteiger partial charge on any atom is 0.252 e. The fraction of sp³-hybridized carbons (Fsp3) is 0.188. The van der Waals surface area contributed by atoms with Crippen molar-refractivity contribution in [3.63, 3.8) is 0 Å². The molecule has 1 atom stereocenters. The van der Waals surface area contributed by atoms with Crippen molar-refractivity contribution in [1.82, 2.24) is 5.32 Å². The predicted octanol–water partition coefficient (Wildman–Crippen LogP) is 3.53. The summed E-state index contributed by atoms with van der Waals surface area (Å²) in [7, 11) is 0. The average molecular weight is 322 g/mol. The largest absolute Gasteiger partial charge is 0.387 e. The first-order valence-electron chi connectivity index (χ1n) is 6.46. The molecule has 0 heterocycles. The topological polar surface area (TPSA) is 49.3 Å². The van der Waals surface area contributed by atoms with Crippen LogP contribution in [0, 0.1) is 0 Å². The van der Waals surface area contributed by atoms with Crippen LogP contribution < -0.4 is 5.32 Å². The molecule has 0 saturated heterocycles. The Labute approximate surface area is 133 Å². The number of rotatable bonds is 5. The molecule has 0 unspecified atom stereocenters. The number of carbonyl (C=O) groups excluding carboxylic acids is 1. The number of benzene rings is 2. The molecule has 0 radical (unpaired) electrons. The van der Waals surface area contributed by atoms with Crippen LogP contribution in [0.15, 0.2) is 53.4 Å². The van der Waals surface area contributed by atoms with Crippen LogP contribution in [0.3, 0.4) is 0 Å². The molecule has 0 saturated carbocycles. The molecule has 2 aromatic carbocycles. The van der Waals surface area contributed by atoms with E-state index < -0.39 is 6.10 Å². The number of aliphatic hydroxyl groups is 1. The van der Waals surface area contributed by atoms with Crippen LogP contribution in [0.5, 0.6) is 0 Å². The zero-order valence-electron chi connectivity index (χ0n) is 11.5. The maximum absolute atomic E-state index is 12.0. The van der Waals surface area contributed by atoms with Crippen LogP contribution in [0.1, 0.15) is 22.0 Å². The van der Waals surface area contributed by atoms with E-state index in [9.17, 15) is 9.90 Å². The van der Waals surface area contributed by atoms with Crippen LogP contribution in [-0.2, 0) is 0 Å². The monoisotopic (exact) mass is 321 g/mol. The molecule has 0 aliphatic heterocycles. The molecule has 5 heteroatoms. The van der Waals surface area contributed by atoms with Gasteiger partial charge >= 0.3 is 0 Å². The van der Waals surface area contributed by atoms with Crippen molar-refractivity contribution in [3.8, 4) is 0 Å². The van der Waals surface area contributed by atoms with E-state index in [2.05, 4.69) is 5.32 Å². The van der Waals surface area contributed by atoms with Crippen LogP contribution in [0.25, 0.3) is 0 Å². The van der Waals surface area contributed by atoms with E-state index in [4.69, 9.17) is 11.6 Å². The van der Waals surface area contributed by atoms with Crippen molar-refractivity contribution in [1.29, 1.82) is 0 Å². The zero-order chi connectivity index (χ0) is 15.2. The molecule has 0 aliphatic rings. The summed E-state index contributed by atoms with van der Waals surface area (Å²) in [6, 6.07) is 14.4. The Kier molecular flexibility index (Phi) is 5.67. The summed E-state index contributed by atoms with van der Waals surface area (Å²) in [4.78, 5) is 13.1. The minimum absolute atomic E-state index is 0.142. The third-order valence-corrected chi connectivity index (χ3v) is 4.15. The Morgan fingerprint density at radius 2 is 1.90 bits per heavy atom. The SMILES string of the molecule is CSc1ccc([C@H](O)CNC(=O)c2ccccc2Cl)cc1. The van der Waals surface area contributed by atoms with Gasteiger partial charge in [-0.3, -0.25) is 4.79 Å². The summed E-state index contributed by atoms with van der Waals surface area (Å²) < 4.78 is 0. The van der Waals surface area contributed by atoms with Crippen molar-refractivity contribution in [2.24, 2.45) is 0 Å². The number of halogens is 1. The van der Waals surface area contributed by atoms with Gasteiger partial charge in [0.1, 0.15) is 0 Å². The molecule has 2 rings (SSSR count). The molecule has 3 nitrogen and oxygen atoms in total. The van der Waals surface area contributed by atoms with Gasteiger partial charge < -0.3 is 10.4 Å². The van der Waals surface area contributed by atoms with Gasteiger partial charge in [-0.1, -0.05) is 35.9 Å². The highest BCUT2D eigenvalue weighted by Crippen LogP contribution is 2.19. The molecule has 1 amide bonds. The summed E-state index contributed by atoms with van der Waals surface area (Å²) in [6.07, 6.45) is 1.25. The summed E-state index contributed by atoms with van der Waals surface area (Å²) >= 11 is 7.60. The molecular weight excluding hydrogens is 306 g/mol. The molecule has 110 valence electrons. The lowest BCUT2D eigenvalue weighted by Gasteiger charge is -2.13. The minimum atomic E-state index is -0.743. The van der Waals surface area contributed by atoms with E-state index in [-0.39, 0.29) is 12.5 Å². The molecule has 0 aromatic heterocycles. The standard InChI is InChI=1S/C16H16ClNO2S/c1-21-12-8-6-11(7-9-12)15(19)10-18-16(20)13-4-2-3-5-14(13)17/h2-9,15,19H,10H2,1H3,(H,18,20)/t15-/m1/s1. The van der Waals surface area contributed by atoms with Crippen molar-refractivity contribution in [2.45, 2.75) is 11.0 Å². The van der Waals surface area contributed by atoms with E-state index in [1.54, 1.807) is 36.0 Å². The lowest BCUT2D eigenvalue weighted by molar-refractivity contribution is 0.0916. The number of thioether (sulfide) groups is 1. The van der Waals surface area contributed by atoms with E-state index in [0.717, 1.165) is 10.5 Å². The predicted molar refractivity (Wildman–Crippen MR) is 87.0 cm³/mol. The number of hydrogen-bond donors (Lipinski definition) is 2. The first kappa shape index (κ1) is 15.9. The van der Waals surface area contributed by atoms with Gasteiger partial charge in [0.25, 0.3) is 5.91 Å². The Hall–Kier alpha value is -1.49. The lowest BCUT2D eigenvalue weighted by Crippen LogP contribution is -2.28. The second kappa shape index (κ2) is 7.50. The Morgan fingerprint density at radius 3 is 2.52 bits per heavy atom. The number of hydrogen-bond acceptors (Lipinski definition) is 3. The second-order valence-corrected chi connectivity index (χ2v) is 5.77. The molecule has 21 heavy (non-hydrogen) atoms. The van der Waals surface area contributed by atoms with Gasteiger partial charge in [0, 0.05) is 11.4 Å². The van der Waals surface area contributed by atoms with Crippen molar-refractivity contribution in [2.75, 3.05) is 12.8 Å². The van der Waals surface area contributed by atoms with E-state index in [1.165, 1.54) is 0 Å². The fourth-order valence-electron chi connectivity index (χ4n) is 1.87. The van der Waals surface area contributed by atoms with Crippen molar-refractivity contribution in [3.05, 3.63) is 64.7 Å². The van der Waals surface area contributed by atoms with Gasteiger partial charge in [-0.25, -0.2) is 0 Å². The summed E-state index contributed by atoms with van der Waals surface area (Å²) in [5.41, 5.74) is 1.18. The van der Waals surface area contributed by atoms with Gasteiger partial charge in [0.05, 0.1) is 16.7 Å². The van der Waals surface area contributed by atoms with Crippen LogP contribution >= 0.6 is 23.4 Å². The number of nitrogens with one attached hydrogen (secondary N) is 1. The highest BCUT2D eigenvalue weighted by Gasteiger charge is 2.12. The molecule has 2 aromatic rings. The molecule has 0 spiro atoms. The van der Waals surface area contributed by atoms with E-state index >= 15 is 0 Å². The number of carbonyl (C=O) groups is 1. The second-order valence-electron chi connectivity index (χ2n) is 4.48. The molecule has 0 bridgehead atoms. The molecular formula is C16H16ClNO2S. The van der Waals surface area contributed by atoms with Crippen molar-refractivity contribution >= 4 is 29.3 Å². The normalized spacial score (nSPS) is 12.0. The zero-order valence-corrected chi connectivity index (χ0v) is 13.1. The van der Waals surface area contributed by atoms with Crippen LogP contribution in [0.4, 0.5) is 0 Å². The summed E-state index contributed by atoms with van der Waals surface area (Å²) in [5, 5.41) is 13.2. The Morgan fingerprint density at radius 1 is 1.24 bits per heavy atom. The quantitative estimate of drug-likeness (QED) is 0.828. The third kappa shape index (κ3) is 4.24. The fourth-order valence-corrected chi connectivity index (χ4v) is 2.50. The number of amides is 1. The maximum atomic E-state index is 12.0.